The fourth-order valence-corrected chi connectivity index (χ4v) is 2.71. The minimum Gasteiger partial charge on any atom is -0.370 e. The maximum Gasteiger partial charge on any atom is 0.341 e. The van der Waals surface area contributed by atoms with Gasteiger partial charge in [0.1, 0.15) is 11.9 Å². The highest BCUT2D eigenvalue weighted by atomic mass is 32.2. The normalized spacial score (nSPS) is 12.8. The van der Waals surface area contributed by atoms with E-state index in [0.717, 1.165) is 24.3 Å². The number of hydrogen-bond acceptors (Lipinski definition) is 4. The SMILES string of the molecule is NC(=O)C(Nc1ccc(S(=O)(=O)C(F)F)cc1)c1ccc(F)cc1. The van der Waals surface area contributed by atoms with Crippen molar-refractivity contribution in [3.8, 4) is 0 Å². The number of rotatable bonds is 6. The van der Waals surface area contributed by atoms with E-state index < -0.39 is 38.3 Å². The molecule has 0 spiro atoms. The predicted octanol–water partition coefficient (Wildman–Crippen LogP) is 2.46. The van der Waals surface area contributed by atoms with Gasteiger partial charge >= 0.3 is 5.76 Å². The molecule has 128 valence electrons. The number of anilines is 1. The van der Waals surface area contributed by atoms with Crippen molar-refractivity contribution in [3.63, 3.8) is 0 Å². The summed E-state index contributed by atoms with van der Waals surface area (Å²) in [6.45, 7) is 0. The smallest absolute Gasteiger partial charge is 0.341 e. The average molecular weight is 358 g/mol. The zero-order chi connectivity index (χ0) is 17.9. The molecule has 24 heavy (non-hydrogen) atoms. The topological polar surface area (TPSA) is 89.3 Å². The van der Waals surface area contributed by atoms with Crippen molar-refractivity contribution in [2.75, 3.05) is 5.32 Å². The number of alkyl halides is 2. The fraction of sp³-hybridized carbons (Fsp3) is 0.133. The molecule has 0 saturated carbocycles. The largest absolute Gasteiger partial charge is 0.370 e. The van der Waals surface area contributed by atoms with Crippen molar-refractivity contribution in [1.29, 1.82) is 0 Å². The summed E-state index contributed by atoms with van der Waals surface area (Å²) in [5.41, 5.74) is 5.99. The van der Waals surface area contributed by atoms with Gasteiger partial charge in [-0.05, 0) is 42.0 Å². The van der Waals surface area contributed by atoms with Crippen molar-refractivity contribution in [1.82, 2.24) is 0 Å². The molecular weight excluding hydrogens is 345 g/mol. The number of sulfone groups is 1. The average Bonchev–Trinajstić information content (AvgIpc) is 2.53. The number of nitrogens with one attached hydrogen (secondary N) is 1. The van der Waals surface area contributed by atoms with Crippen LogP contribution in [0.25, 0.3) is 0 Å². The van der Waals surface area contributed by atoms with E-state index in [0.29, 0.717) is 5.56 Å². The van der Waals surface area contributed by atoms with Crippen LogP contribution in [0.3, 0.4) is 0 Å². The number of carbonyl (C=O) groups excluding carboxylic acids is 1. The van der Waals surface area contributed by atoms with E-state index >= 15 is 0 Å². The molecule has 0 aliphatic carbocycles. The second kappa shape index (κ2) is 6.91. The van der Waals surface area contributed by atoms with Gasteiger partial charge in [-0.2, -0.15) is 8.78 Å². The summed E-state index contributed by atoms with van der Waals surface area (Å²) in [7, 11) is -4.69. The van der Waals surface area contributed by atoms with Crippen LogP contribution in [-0.4, -0.2) is 20.1 Å². The van der Waals surface area contributed by atoms with E-state index in [2.05, 4.69) is 5.32 Å². The molecule has 5 nitrogen and oxygen atoms in total. The Kier molecular flexibility index (Phi) is 5.13. The Morgan fingerprint density at radius 1 is 1.00 bits per heavy atom. The molecule has 3 N–H and O–H groups in total. The van der Waals surface area contributed by atoms with Crippen LogP contribution in [0, 0.1) is 5.82 Å². The van der Waals surface area contributed by atoms with E-state index in [1.807, 2.05) is 0 Å². The molecule has 0 aliphatic rings. The van der Waals surface area contributed by atoms with Gasteiger partial charge in [-0.3, -0.25) is 4.79 Å². The van der Waals surface area contributed by atoms with E-state index in [1.165, 1.54) is 24.3 Å². The van der Waals surface area contributed by atoms with Crippen molar-refractivity contribution >= 4 is 21.4 Å². The molecule has 0 bridgehead atoms. The number of halogens is 3. The Balaban J connectivity index is 2.25. The Hall–Kier alpha value is -2.55. The molecule has 1 atom stereocenters. The zero-order valence-corrected chi connectivity index (χ0v) is 12.9. The zero-order valence-electron chi connectivity index (χ0n) is 12.1. The van der Waals surface area contributed by atoms with Gasteiger partial charge < -0.3 is 11.1 Å². The van der Waals surface area contributed by atoms with Crippen molar-refractivity contribution in [2.45, 2.75) is 16.7 Å². The Bertz CT molecular complexity index is 822. The van der Waals surface area contributed by atoms with Crippen LogP contribution in [0.5, 0.6) is 0 Å². The molecular formula is C15H13F3N2O3S. The monoisotopic (exact) mass is 358 g/mol. The van der Waals surface area contributed by atoms with Gasteiger partial charge in [-0.15, -0.1) is 0 Å². The van der Waals surface area contributed by atoms with Gasteiger partial charge in [0.2, 0.25) is 15.7 Å². The molecule has 0 radical (unpaired) electrons. The van der Waals surface area contributed by atoms with E-state index in [4.69, 9.17) is 5.73 Å². The second-order valence-electron chi connectivity index (χ2n) is 4.86. The third-order valence-electron chi connectivity index (χ3n) is 3.22. The lowest BCUT2D eigenvalue weighted by Gasteiger charge is -2.17. The van der Waals surface area contributed by atoms with Gasteiger partial charge in [-0.25, -0.2) is 12.8 Å². The molecule has 2 aromatic carbocycles. The molecule has 0 aliphatic heterocycles. The summed E-state index contributed by atoms with van der Waals surface area (Å²) >= 11 is 0. The van der Waals surface area contributed by atoms with Crippen molar-refractivity contribution in [2.24, 2.45) is 5.73 Å². The Morgan fingerprint density at radius 2 is 1.54 bits per heavy atom. The van der Waals surface area contributed by atoms with Gasteiger partial charge in [0.05, 0.1) is 4.90 Å². The third kappa shape index (κ3) is 3.85. The van der Waals surface area contributed by atoms with Crippen LogP contribution in [0.2, 0.25) is 0 Å². The first-order valence-electron chi connectivity index (χ1n) is 6.65. The number of carbonyl (C=O) groups is 1. The van der Waals surface area contributed by atoms with Crippen LogP contribution in [0.1, 0.15) is 11.6 Å². The summed E-state index contributed by atoms with van der Waals surface area (Å²) < 4.78 is 60.6. The van der Waals surface area contributed by atoms with Gasteiger partial charge in [0, 0.05) is 5.69 Å². The summed E-state index contributed by atoms with van der Waals surface area (Å²) in [5.74, 6) is -4.75. The summed E-state index contributed by atoms with van der Waals surface area (Å²) in [5, 5.41) is 2.74. The first-order valence-corrected chi connectivity index (χ1v) is 8.20. The first-order chi connectivity index (χ1) is 11.2. The number of benzene rings is 2. The van der Waals surface area contributed by atoms with Crippen LogP contribution in [0.15, 0.2) is 53.4 Å². The van der Waals surface area contributed by atoms with Crippen molar-refractivity contribution < 1.29 is 26.4 Å². The molecule has 2 rings (SSSR count). The molecule has 1 unspecified atom stereocenters. The molecule has 2 aromatic rings. The van der Waals surface area contributed by atoms with Crippen molar-refractivity contribution in [3.05, 3.63) is 59.9 Å². The summed E-state index contributed by atoms with van der Waals surface area (Å²) in [6.07, 6.45) is 0. The quantitative estimate of drug-likeness (QED) is 0.830. The van der Waals surface area contributed by atoms with E-state index in [9.17, 15) is 26.4 Å². The lowest BCUT2D eigenvalue weighted by molar-refractivity contribution is -0.118. The molecule has 0 fully saturated rings. The fourth-order valence-electron chi connectivity index (χ4n) is 1.98. The van der Waals surface area contributed by atoms with Crippen LogP contribution < -0.4 is 11.1 Å². The number of hydrogen-bond donors (Lipinski definition) is 2. The third-order valence-corrected chi connectivity index (χ3v) is 4.61. The number of amides is 1. The van der Waals surface area contributed by atoms with Crippen LogP contribution >= 0.6 is 0 Å². The highest BCUT2D eigenvalue weighted by Gasteiger charge is 2.26. The maximum atomic E-state index is 12.9. The van der Waals surface area contributed by atoms with E-state index in [-0.39, 0.29) is 5.69 Å². The van der Waals surface area contributed by atoms with E-state index in [1.54, 1.807) is 0 Å². The first kappa shape index (κ1) is 17.8. The van der Waals surface area contributed by atoms with Gasteiger partial charge in [0.15, 0.2) is 0 Å². The highest BCUT2D eigenvalue weighted by molar-refractivity contribution is 7.91. The minimum atomic E-state index is -4.69. The molecule has 0 aromatic heterocycles. The molecule has 1 amide bonds. The number of primary amides is 1. The minimum absolute atomic E-state index is 0.288. The molecule has 9 heteroatoms. The summed E-state index contributed by atoms with van der Waals surface area (Å²) in [4.78, 5) is 11.0. The van der Waals surface area contributed by atoms with Crippen LogP contribution in [0.4, 0.5) is 18.9 Å². The predicted molar refractivity (Wildman–Crippen MR) is 81.6 cm³/mol. The maximum absolute atomic E-state index is 12.9. The standard InChI is InChI=1S/C15H13F3N2O3S/c16-10-3-1-9(2-4-10)13(14(19)21)20-11-5-7-12(8-6-11)24(22,23)15(17)18/h1-8,13,15,20H,(H2,19,21). The summed E-state index contributed by atoms with van der Waals surface area (Å²) in [6, 6.07) is 8.50. The lowest BCUT2D eigenvalue weighted by atomic mass is 10.1. The Morgan fingerprint density at radius 3 is 2.00 bits per heavy atom. The lowest BCUT2D eigenvalue weighted by Crippen LogP contribution is -2.27. The second-order valence-corrected chi connectivity index (χ2v) is 6.78. The molecule has 0 heterocycles. The Labute approximate surface area is 136 Å². The van der Waals surface area contributed by atoms with Crippen LogP contribution in [-0.2, 0) is 14.6 Å². The number of nitrogens with two attached hydrogens (primary N) is 1. The van der Waals surface area contributed by atoms with Gasteiger partial charge in [-0.1, -0.05) is 12.1 Å². The highest BCUT2D eigenvalue weighted by Crippen LogP contribution is 2.23. The molecule has 0 saturated heterocycles. The van der Waals surface area contributed by atoms with Gasteiger partial charge in [0.25, 0.3) is 0 Å².